The molecule has 2 aromatic rings. The molecule has 0 spiro atoms. The molecular weight excluding hydrogens is 453 g/mol. The number of rotatable bonds is 6. The van der Waals surface area contributed by atoms with Crippen LogP contribution in [0.5, 0.6) is 5.75 Å². The third kappa shape index (κ3) is 6.20. The number of amides is 2. The van der Waals surface area contributed by atoms with Crippen LogP contribution < -0.4 is 4.74 Å². The lowest BCUT2D eigenvalue weighted by Crippen LogP contribution is -2.52. The summed E-state index contributed by atoms with van der Waals surface area (Å²) < 4.78 is 52.9. The maximum absolute atomic E-state index is 13.3. The Kier molecular flexibility index (Phi) is 7.62. The number of ether oxygens (including phenoxy) is 3. The lowest BCUT2D eigenvalue weighted by atomic mass is 9.83. The van der Waals surface area contributed by atoms with Crippen LogP contribution in [0, 0.1) is 0 Å². The maximum Gasteiger partial charge on any atom is 0.573 e. The van der Waals surface area contributed by atoms with Crippen LogP contribution in [0.15, 0.2) is 30.3 Å². The molecule has 34 heavy (non-hydrogen) atoms. The minimum absolute atomic E-state index is 0.0662. The fourth-order valence-corrected chi connectivity index (χ4v) is 4.56. The number of hydrogen-bond donors (Lipinski definition) is 1. The van der Waals surface area contributed by atoms with Gasteiger partial charge in [-0.3, -0.25) is 5.10 Å². The highest BCUT2D eigenvalue weighted by Crippen LogP contribution is 2.37. The average Bonchev–Trinajstić information content (AvgIpc) is 3.31. The number of hydrogen-bond acceptors (Lipinski definition) is 5. The van der Waals surface area contributed by atoms with E-state index in [1.165, 1.54) is 12.1 Å². The molecule has 1 aromatic heterocycles. The van der Waals surface area contributed by atoms with Crippen molar-refractivity contribution in [2.24, 2.45) is 0 Å². The molecule has 0 radical (unpaired) electrons. The van der Waals surface area contributed by atoms with Gasteiger partial charge in [-0.15, -0.1) is 13.2 Å². The predicted molar refractivity (Wildman–Crippen MR) is 117 cm³/mol. The van der Waals surface area contributed by atoms with Crippen molar-refractivity contribution in [3.63, 3.8) is 0 Å². The summed E-state index contributed by atoms with van der Waals surface area (Å²) in [4.78, 5) is 16.8. The molecule has 0 aliphatic carbocycles. The molecule has 1 N–H and O–H groups in total. The molecule has 3 heterocycles. The highest BCUT2D eigenvalue weighted by molar-refractivity contribution is 5.75. The second-order valence-electron chi connectivity index (χ2n) is 8.60. The highest BCUT2D eigenvalue weighted by Gasteiger charge is 2.36. The second kappa shape index (κ2) is 10.6. The van der Waals surface area contributed by atoms with Gasteiger partial charge in [0.15, 0.2) is 0 Å². The summed E-state index contributed by atoms with van der Waals surface area (Å²) in [7, 11) is 1.63. The third-order valence-electron chi connectivity index (χ3n) is 6.21. The number of H-pyrrole nitrogens is 1. The highest BCUT2D eigenvalue weighted by atomic mass is 19.4. The summed E-state index contributed by atoms with van der Waals surface area (Å²) in [6.07, 6.45) is -3.43. The van der Waals surface area contributed by atoms with Gasteiger partial charge in [0.05, 0.1) is 25.5 Å². The predicted octanol–water partition coefficient (Wildman–Crippen LogP) is 3.52. The van der Waals surface area contributed by atoms with E-state index in [4.69, 9.17) is 9.47 Å². The smallest absolute Gasteiger partial charge is 0.406 e. The number of morpholine rings is 1. The van der Waals surface area contributed by atoms with Crippen molar-refractivity contribution in [3.8, 4) is 5.75 Å². The zero-order valence-electron chi connectivity index (χ0n) is 19.0. The molecule has 186 valence electrons. The fourth-order valence-electron chi connectivity index (χ4n) is 4.56. The number of likely N-dealkylation sites (tertiary alicyclic amines) is 1. The molecule has 2 atom stereocenters. The van der Waals surface area contributed by atoms with Crippen LogP contribution >= 0.6 is 0 Å². The van der Waals surface area contributed by atoms with E-state index in [0.717, 1.165) is 11.4 Å². The van der Waals surface area contributed by atoms with Crippen LogP contribution in [0.25, 0.3) is 0 Å². The van der Waals surface area contributed by atoms with Crippen LogP contribution in [0.3, 0.4) is 0 Å². The number of halogens is 3. The van der Waals surface area contributed by atoms with Crippen molar-refractivity contribution >= 4 is 6.03 Å². The number of aromatic amines is 1. The minimum atomic E-state index is -4.76. The Morgan fingerprint density at radius 3 is 2.68 bits per heavy atom. The number of nitrogens with zero attached hydrogens (tertiary/aromatic N) is 3. The number of carbonyl (C=O) groups excluding carboxylic acids is 1. The van der Waals surface area contributed by atoms with Gasteiger partial charge in [0, 0.05) is 57.2 Å². The molecule has 2 aliphatic rings. The van der Waals surface area contributed by atoms with Gasteiger partial charge in [0.25, 0.3) is 0 Å². The van der Waals surface area contributed by atoms with Gasteiger partial charge in [-0.25, -0.2) is 4.79 Å². The first-order valence-corrected chi connectivity index (χ1v) is 11.3. The lowest BCUT2D eigenvalue weighted by molar-refractivity contribution is -0.274. The molecular formula is C23H29F3N4O4. The van der Waals surface area contributed by atoms with E-state index >= 15 is 0 Å². The quantitative estimate of drug-likeness (QED) is 0.682. The molecule has 2 saturated heterocycles. The summed E-state index contributed by atoms with van der Waals surface area (Å²) in [6.45, 7) is 3.47. The topological polar surface area (TPSA) is 79.9 Å². The zero-order valence-corrected chi connectivity index (χ0v) is 19.0. The van der Waals surface area contributed by atoms with E-state index in [9.17, 15) is 18.0 Å². The number of alkyl halides is 3. The van der Waals surface area contributed by atoms with Crippen molar-refractivity contribution in [2.45, 2.75) is 31.0 Å². The van der Waals surface area contributed by atoms with Crippen molar-refractivity contribution < 1.29 is 32.2 Å². The molecule has 4 rings (SSSR count). The third-order valence-corrected chi connectivity index (χ3v) is 6.21. The summed E-state index contributed by atoms with van der Waals surface area (Å²) >= 11 is 0. The van der Waals surface area contributed by atoms with Gasteiger partial charge in [-0.05, 0) is 30.2 Å². The molecule has 1 aromatic carbocycles. The van der Waals surface area contributed by atoms with E-state index in [2.05, 4.69) is 14.9 Å². The number of aromatic nitrogens is 2. The van der Waals surface area contributed by atoms with Crippen molar-refractivity contribution in [1.29, 1.82) is 0 Å². The first-order chi connectivity index (χ1) is 16.3. The van der Waals surface area contributed by atoms with Crippen LogP contribution in [0.1, 0.15) is 35.2 Å². The Bertz CT molecular complexity index is 962. The summed E-state index contributed by atoms with van der Waals surface area (Å²) in [5.74, 6) is -0.497. The number of benzene rings is 1. The molecule has 2 unspecified atom stereocenters. The molecule has 2 amide bonds. The van der Waals surface area contributed by atoms with Crippen LogP contribution in [-0.2, 0) is 15.9 Å². The van der Waals surface area contributed by atoms with Crippen molar-refractivity contribution in [3.05, 3.63) is 47.3 Å². The normalized spacial score (nSPS) is 21.5. The van der Waals surface area contributed by atoms with Crippen LogP contribution in [0.2, 0.25) is 0 Å². The number of methoxy groups -OCH3 is 1. The summed E-state index contributed by atoms with van der Waals surface area (Å²) in [5.41, 5.74) is 2.46. The van der Waals surface area contributed by atoms with E-state index in [1.54, 1.807) is 29.0 Å². The van der Waals surface area contributed by atoms with Gasteiger partial charge in [0.2, 0.25) is 0 Å². The maximum atomic E-state index is 13.3. The average molecular weight is 483 g/mol. The van der Waals surface area contributed by atoms with Crippen LogP contribution in [-0.4, -0.2) is 85.5 Å². The largest absolute Gasteiger partial charge is 0.573 e. The Morgan fingerprint density at radius 2 is 1.94 bits per heavy atom. The van der Waals surface area contributed by atoms with E-state index in [1.807, 2.05) is 6.07 Å². The Morgan fingerprint density at radius 1 is 1.18 bits per heavy atom. The Balaban J connectivity index is 1.57. The summed E-state index contributed by atoms with van der Waals surface area (Å²) in [6, 6.07) is 7.91. The fraction of sp³-hybridized carbons (Fsp3) is 0.565. The summed E-state index contributed by atoms with van der Waals surface area (Å²) in [5, 5.41) is 7.50. The molecule has 0 saturated carbocycles. The SMILES string of the molecule is COCCc1cc(C2CC(c3cccc(OC(F)(F)F)c3)CN(C(=O)N3CCOCC3)C2)n[nH]1. The van der Waals surface area contributed by atoms with E-state index < -0.39 is 6.36 Å². The van der Waals surface area contributed by atoms with E-state index in [0.29, 0.717) is 64.4 Å². The zero-order chi connectivity index (χ0) is 24.1. The Hall–Kier alpha value is -2.79. The standard InChI is InChI=1S/C23H29F3N4O4/c1-32-8-5-19-13-21(28-27-19)18-11-17(16-3-2-4-20(12-16)34-23(24,25)26)14-30(15-18)22(31)29-6-9-33-10-7-29/h2-4,12-13,17-18H,5-11,14-15H2,1H3,(H,27,28). The monoisotopic (exact) mass is 482 g/mol. The van der Waals surface area contributed by atoms with Gasteiger partial charge in [-0.2, -0.15) is 5.10 Å². The number of urea groups is 1. The number of piperidine rings is 1. The molecule has 0 bridgehead atoms. The van der Waals surface area contributed by atoms with Gasteiger partial charge in [0.1, 0.15) is 5.75 Å². The second-order valence-corrected chi connectivity index (χ2v) is 8.60. The van der Waals surface area contributed by atoms with Crippen molar-refractivity contribution in [1.82, 2.24) is 20.0 Å². The van der Waals surface area contributed by atoms with Gasteiger partial charge >= 0.3 is 12.4 Å². The first-order valence-electron chi connectivity index (χ1n) is 11.3. The van der Waals surface area contributed by atoms with E-state index in [-0.39, 0.29) is 23.6 Å². The number of nitrogens with one attached hydrogen (secondary N) is 1. The first kappa shape index (κ1) is 24.3. The van der Waals surface area contributed by atoms with Gasteiger partial charge < -0.3 is 24.0 Å². The van der Waals surface area contributed by atoms with Crippen molar-refractivity contribution in [2.75, 3.05) is 53.1 Å². The molecule has 8 nitrogen and oxygen atoms in total. The van der Waals surface area contributed by atoms with Crippen LogP contribution in [0.4, 0.5) is 18.0 Å². The minimum Gasteiger partial charge on any atom is -0.406 e. The number of carbonyl (C=O) groups is 1. The molecule has 2 fully saturated rings. The van der Waals surface area contributed by atoms with Gasteiger partial charge in [-0.1, -0.05) is 12.1 Å². The lowest BCUT2D eigenvalue weighted by Gasteiger charge is -2.40. The molecule has 2 aliphatic heterocycles. The Labute approximate surface area is 196 Å². The molecule has 11 heteroatoms.